The molecule has 0 atom stereocenters. The third kappa shape index (κ3) is 4.05. The van der Waals surface area contributed by atoms with Gasteiger partial charge in [0.1, 0.15) is 5.82 Å². The lowest BCUT2D eigenvalue weighted by atomic mass is 9.85. The highest BCUT2D eigenvalue weighted by molar-refractivity contribution is 6.21. The molecule has 0 aliphatic carbocycles. The highest BCUT2D eigenvalue weighted by Gasteiger charge is 2.17. The van der Waals surface area contributed by atoms with E-state index < -0.39 is 0 Å². The standard InChI is InChI=1S/C36H25FN2/c37-27-18-19-34(33(38)22-27)39-28-11-7-10-25(21-28)35-29-12-3-5-14-31(29)36(32-15-6-4-13-30(32)35)26-17-16-23-8-1-2-9-24(23)20-26/h1-22,39H,38H2. The number of nitrogens with one attached hydrogen (secondary N) is 1. The van der Waals surface area contributed by atoms with Gasteiger partial charge in [0.2, 0.25) is 0 Å². The van der Waals surface area contributed by atoms with Crippen molar-refractivity contribution in [3.8, 4) is 22.3 Å². The van der Waals surface area contributed by atoms with Gasteiger partial charge in [-0.1, -0.05) is 97.1 Å². The highest BCUT2D eigenvalue weighted by Crippen LogP contribution is 2.44. The zero-order valence-corrected chi connectivity index (χ0v) is 21.2. The lowest BCUT2D eigenvalue weighted by Crippen LogP contribution is -1.97. The molecule has 186 valence electrons. The number of nitrogens with two attached hydrogens (primary N) is 1. The molecule has 0 fully saturated rings. The Bertz CT molecular complexity index is 1970. The number of halogens is 1. The highest BCUT2D eigenvalue weighted by atomic mass is 19.1. The van der Waals surface area contributed by atoms with Crippen LogP contribution in [0.5, 0.6) is 0 Å². The Morgan fingerprint density at radius 3 is 1.72 bits per heavy atom. The van der Waals surface area contributed by atoms with Gasteiger partial charge < -0.3 is 11.1 Å². The fourth-order valence-corrected chi connectivity index (χ4v) is 5.65. The SMILES string of the molecule is Nc1cc(F)ccc1Nc1cccc(-c2c3ccccc3c(-c3ccc4ccccc4c3)c3ccccc23)c1. The summed E-state index contributed by atoms with van der Waals surface area (Å²) in [5.41, 5.74) is 12.7. The quantitative estimate of drug-likeness (QED) is 0.185. The van der Waals surface area contributed by atoms with Crippen molar-refractivity contribution < 1.29 is 4.39 Å². The summed E-state index contributed by atoms with van der Waals surface area (Å²) >= 11 is 0. The average molecular weight is 505 g/mol. The zero-order chi connectivity index (χ0) is 26.3. The van der Waals surface area contributed by atoms with Crippen LogP contribution in [0.3, 0.4) is 0 Å². The molecule has 0 saturated heterocycles. The van der Waals surface area contributed by atoms with Gasteiger partial charge in [-0.25, -0.2) is 4.39 Å². The predicted octanol–water partition coefficient (Wildman–Crippen LogP) is 9.95. The molecule has 0 radical (unpaired) electrons. The molecule has 3 N–H and O–H groups in total. The van der Waals surface area contributed by atoms with Crippen LogP contribution in [0.4, 0.5) is 21.5 Å². The van der Waals surface area contributed by atoms with E-state index in [1.54, 1.807) is 6.07 Å². The normalized spacial score (nSPS) is 11.3. The first-order valence-corrected chi connectivity index (χ1v) is 13.0. The third-order valence-corrected chi connectivity index (χ3v) is 7.41. The van der Waals surface area contributed by atoms with Crippen LogP contribution in [-0.2, 0) is 0 Å². The molecule has 0 aliphatic rings. The molecule has 0 amide bonds. The molecule has 39 heavy (non-hydrogen) atoms. The first-order chi connectivity index (χ1) is 19.2. The summed E-state index contributed by atoms with van der Waals surface area (Å²) in [5.74, 6) is -0.351. The minimum Gasteiger partial charge on any atom is -0.397 e. The van der Waals surface area contributed by atoms with Crippen LogP contribution in [-0.4, -0.2) is 0 Å². The average Bonchev–Trinajstić information content (AvgIpc) is 2.97. The molecule has 7 aromatic rings. The topological polar surface area (TPSA) is 38.0 Å². The molecule has 7 rings (SSSR count). The van der Waals surface area contributed by atoms with Gasteiger partial charge in [0, 0.05) is 5.69 Å². The van der Waals surface area contributed by atoms with Gasteiger partial charge >= 0.3 is 0 Å². The van der Waals surface area contributed by atoms with E-state index in [2.05, 4.69) is 108 Å². The summed E-state index contributed by atoms with van der Waals surface area (Å²) in [5, 5.41) is 10.6. The van der Waals surface area contributed by atoms with E-state index >= 15 is 0 Å². The van der Waals surface area contributed by atoms with Crippen molar-refractivity contribution in [1.82, 2.24) is 0 Å². The van der Waals surface area contributed by atoms with Gasteiger partial charge in [-0.2, -0.15) is 0 Å². The molecule has 0 saturated carbocycles. The van der Waals surface area contributed by atoms with E-state index in [1.807, 2.05) is 12.1 Å². The summed E-state index contributed by atoms with van der Waals surface area (Å²) in [6, 6.07) is 45.2. The number of nitrogen functional groups attached to an aromatic ring is 1. The number of benzene rings is 7. The number of hydrogen-bond acceptors (Lipinski definition) is 2. The summed E-state index contributed by atoms with van der Waals surface area (Å²) in [7, 11) is 0. The molecular formula is C36H25FN2. The molecule has 3 heteroatoms. The zero-order valence-electron chi connectivity index (χ0n) is 21.2. The van der Waals surface area contributed by atoms with Crippen LogP contribution >= 0.6 is 0 Å². The Hall–Kier alpha value is -5.15. The fourth-order valence-electron chi connectivity index (χ4n) is 5.65. The Kier molecular flexibility index (Phi) is 5.49. The van der Waals surface area contributed by atoms with Gasteiger partial charge in [-0.05, 0) is 91.0 Å². The second kappa shape index (κ2) is 9.30. The Morgan fingerprint density at radius 1 is 0.487 bits per heavy atom. The third-order valence-electron chi connectivity index (χ3n) is 7.41. The van der Waals surface area contributed by atoms with Gasteiger partial charge in [-0.3, -0.25) is 0 Å². The maximum absolute atomic E-state index is 13.6. The van der Waals surface area contributed by atoms with Crippen LogP contribution in [0, 0.1) is 5.82 Å². The van der Waals surface area contributed by atoms with Gasteiger partial charge in [0.25, 0.3) is 0 Å². The maximum Gasteiger partial charge on any atom is 0.125 e. The van der Waals surface area contributed by atoms with Crippen LogP contribution in [0.2, 0.25) is 0 Å². The maximum atomic E-state index is 13.6. The van der Waals surface area contributed by atoms with Crippen molar-refractivity contribution in [2.75, 3.05) is 11.1 Å². The summed E-state index contributed by atoms with van der Waals surface area (Å²) < 4.78 is 13.6. The molecule has 0 spiro atoms. The number of rotatable bonds is 4. The number of hydrogen-bond donors (Lipinski definition) is 2. The van der Waals surface area contributed by atoms with Gasteiger partial charge in [-0.15, -0.1) is 0 Å². The molecule has 0 unspecified atom stereocenters. The minimum absolute atomic E-state index is 0.351. The Morgan fingerprint density at radius 2 is 1.08 bits per heavy atom. The minimum atomic E-state index is -0.351. The summed E-state index contributed by atoms with van der Waals surface area (Å²) in [4.78, 5) is 0. The monoisotopic (exact) mass is 504 g/mol. The van der Waals surface area contributed by atoms with Crippen molar-refractivity contribution in [3.05, 3.63) is 139 Å². The first kappa shape index (κ1) is 23.0. The summed E-state index contributed by atoms with van der Waals surface area (Å²) in [6.45, 7) is 0. The first-order valence-electron chi connectivity index (χ1n) is 13.0. The van der Waals surface area contributed by atoms with Crippen molar-refractivity contribution in [2.45, 2.75) is 0 Å². The van der Waals surface area contributed by atoms with E-state index in [0.29, 0.717) is 11.4 Å². The van der Waals surface area contributed by atoms with E-state index in [0.717, 1.165) is 11.3 Å². The van der Waals surface area contributed by atoms with E-state index in [-0.39, 0.29) is 5.82 Å². The van der Waals surface area contributed by atoms with Crippen LogP contribution < -0.4 is 11.1 Å². The molecular weight excluding hydrogens is 479 g/mol. The molecule has 2 nitrogen and oxygen atoms in total. The van der Waals surface area contributed by atoms with Crippen molar-refractivity contribution in [2.24, 2.45) is 0 Å². The smallest absolute Gasteiger partial charge is 0.125 e. The molecule has 0 bridgehead atoms. The second-order valence-corrected chi connectivity index (χ2v) is 9.84. The predicted molar refractivity (Wildman–Crippen MR) is 164 cm³/mol. The summed E-state index contributed by atoms with van der Waals surface area (Å²) in [6.07, 6.45) is 0. The van der Waals surface area contributed by atoms with E-state index in [9.17, 15) is 4.39 Å². The van der Waals surface area contributed by atoms with E-state index in [1.165, 1.54) is 61.1 Å². The van der Waals surface area contributed by atoms with Crippen molar-refractivity contribution >= 4 is 49.4 Å². The largest absolute Gasteiger partial charge is 0.397 e. The lowest BCUT2D eigenvalue weighted by molar-refractivity contribution is 0.628. The molecule has 0 aromatic heterocycles. The number of fused-ring (bicyclic) bond motifs is 3. The van der Waals surface area contributed by atoms with Crippen LogP contribution in [0.1, 0.15) is 0 Å². The van der Waals surface area contributed by atoms with Gasteiger partial charge in [0.05, 0.1) is 11.4 Å². The van der Waals surface area contributed by atoms with Gasteiger partial charge in [0.15, 0.2) is 0 Å². The van der Waals surface area contributed by atoms with Crippen LogP contribution in [0.15, 0.2) is 133 Å². The Labute approximate surface area is 226 Å². The molecule has 7 aromatic carbocycles. The van der Waals surface area contributed by atoms with Crippen molar-refractivity contribution in [3.63, 3.8) is 0 Å². The van der Waals surface area contributed by atoms with E-state index in [4.69, 9.17) is 5.73 Å². The van der Waals surface area contributed by atoms with Crippen molar-refractivity contribution in [1.29, 1.82) is 0 Å². The van der Waals surface area contributed by atoms with Crippen LogP contribution in [0.25, 0.3) is 54.6 Å². The second-order valence-electron chi connectivity index (χ2n) is 9.84. The fraction of sp³-hybridized carbons (Fsp3) is 0. The number of anilines is 3. The lowest BCUT2D eigenvalue weighted by Gasteiger charge is -2.18. The Balaban J connectivity index is 1.46. The molecule has 0 heterocycles. The molecule has 0 aliphatic heterocycles.